The minimum absolute atomic E-state index is 1.09. The lowest BCUT2D eigenvalue weighted by Gasteiger charge is -2.30. The van der Waals surface area contributed by atoms with Crippen LogP contribution >= 0.6 is 0 Å². The Labute approximate surface area is 104 Å². The lowest BCUT2D eigenvalue weighted by atomic mass is 10.1. The monoisotopic (exact) mass is 233 g/mol. The molecule has 1 heterocycles. The molecule has 0 unspecified atom stereocenters. The first-order valence-corrected chi connectivity index (χ1v) is 6.58. The Bertz CT molecular complexity index is 367. The Hall–Kier alpha value is -1.09. The molecule has 0 saturated carbocycles. The molecule has 0 amide bonds. The highest BCUT2D eigenvalue weighted by Gasteiger charge is 2.25. The first-order chi connectivity index (χ1) is 8.24. The first-order valence-electron chi connectivity index (χ1n) is 6.58. The number of piperazine rings is 1. The van der Waals surface area contributed by atoms with E-state index in [4.69, 9.17) is 0 Å². The Balaban J connectivity index is 2.31. The fraction of sp³-hybridized carbons (Fsp3) is 0.643. The van der Waals surface area contributed by atoms with Crippen molar-refractivity contribution in [1.82, 2.24) is 10.2 Å². The van der Waals surface area contributed by atoms with Crippen LogP contribution in [-0.2, 0) is 0 Å². The van der Waals surface area contributed by atoms with Gasteiger partial charge in [-0.15, -0.1) is 0 Å². The molecular formula is C14H23N3. The highest BCUT2D eigenvalue weighted by atomic mass is 15.2. The maximum atomic E-state index is 4.62. The number of allylic oxidation sites excluding steroid dienone is 3. The summed E-state index contributed by atoms with van der Waals surface area (Å²) in [5.74, 6) is 0. The molecule has 3 nitrogen and oxygen atoms in total. The molecule has 2 aliphatic rings. The van der Waals surface area contributed by atoms with Crippen molar-refractivity contribution in [2.75, 3.05) is 26.2 Å². The van der Waals surface area contributed by atoms with E-state index >= 15 is 0 Å². The zero-order valence-electron chi connectivity index (χ0n) is 11.2. The predicted octanol–water partition coefficient (Wildman–Crippen LogP) is 2.32. The van der Waals surface area contributed by atoms with E-state index in [0.717, 1.165) is 39.0 Å². The van der Waals surface area contributed by atoms with Crippen molar-refractivity contribution in [1.29, 1.82) is 0 Å². The minimum Gasteiger partial charge on any atom is -0.371 e. The summed E-state index contributed by atoms with van der Waals surface area (Å²) < 4.78 is 0. The molecule has 1 saturated heterocycles. The van der Waals surface area contributed by atoms with Gasteiger partial charge >= 0.3 is 0 Å². The van der Waals surface area contributed by atoms with E-state index in [2.05, 4.69) is 29.1 Å². The molecule has 0 aromatic carbocycles. The van der Waals surface area contributed by atoms with E-state index in [9.17, 15) is 0 Å². The Morgan fingerprint density at radius 2 is 1.94 bits per heavy atom. The highest BCUT2D eigenvalue weighted by Crippen LogP contribution is 2.36. The van der Waals surface area contributed by atoms with Gasteiger partial charge in [0.05, 0.1) is 5.70 Å². The third kappa shape index (κ3) is 2.60. The number of nitrogens with zero attached hydrogens (tertiary/aromatic N) is 2. The second kappa shape index (κ2) is 5.50. The summed E-state index contributed by atoms with van der Waals surface area (Å²) in [5, 5.41) is 3.40. The first kappa shape index (κ1) is 12.4. The third-order valence-corrected chi connectivity index (χ3v) is 3.53. The maximum Gasteiger partial charge on any atom is 0.0848 e. The van der Waals surface area contributed by atoms with Crippen LogP contribution < -0.4 is 5.32 Å². The van der Waals surface area contributed by atoms with Crippen LogP contribution in [0, 0.1) is 0 Å². The van der Waals surface area contributed by atoms with Gasteiger partial charge in [0.2, 0.25) is 0 Å². The molecule has 94 valence electrons. The molecule has 3 heteroatoms. The molecule has 0 atom stereocenters. The number of rotatable bonds is 2. The summed E-state index contributed by atoms with van der Waals surface area (Å²) in [6.07, 6.45) is 4.24. The zero-order valence-corrected chi connectivity index (χ0v) is 11.2. The van der Waals surface area contributed by atoms with Crippen molar-refractivity contribution in [3.8, 4) is 0 Å². The van der Waals surface area contributed by atoms with Crippen LogP contribution in [0.5, 0.6) is 0 Å². The Morgan fingerprint density at radius 3 is 2.53 bits per heavy atom. The Morgan fingerprint density at radius 1 is 1.24 bits per heavy atom. The summed E-state index contributed by atoms with van der Waals surface area (Å²) in [4.78, 5) is 7.13. The van der Waals surface area contributed by atoms with Crippen LogP contribution in [0.4, 0.5) is 0 Å². The highest BCUT2D eigenvalue weighted by molar-refractivity contribution is 5.59. The molecule has 1 aliphatic carbocycles. The molecular weight excluding hydrogens is 210 g/mol. The van der Waals surface area contributed by atoms with Crippen molar-refractivity contribution < 1.29 is 0 Å². The molecule has 1 aliphatic heterocycles. The van der Waals surface area contributed by atoms with Crippen LogP contribution in [0.15, 0.2) is 27.5 Å². The molecule has 0 radical (unpaired) electrons. The molecule has 0 aromatic heterocycles. The third-order valence-electron chi connectivity index (χ3n) is 3.53. The molecule has 1 fully saturated rings. The number of hydrogen-bond acceptors (Lipinski definition) is 3. The van der Waals surface area contributed by atoms with Gasteiger partial charge in [-0.3, -0.25) is 4.99 Å². The van der Waals surface area contributed by atoms with Crippen molar-refractivity contribution in [3.05, 3.63) is 22.5 Å². The largest absolute Gasteiger partial charge is 0.371 e. The molecule has 0 bridgehead atoms. The van der Waals surface area contributed by atoms with Crippen molar-refractivity contribution in [2.24, 2.45) is 4.99 Å². The average molecular weight is 233 g/mol. The van der Waals surface area contributed by atoms with Crippen molar-refractivity contribution in [3.63, 3.8) is 0 Å². The van der Waals surface area contributed by atoms with Crippen molar-refractivity contribution in [2.45, 2.75) is 33.6 Å². The maximum absolute atomic E-state index is 4.62. The van der Waals surface area contributed by atoms with E-state index < -0.39 is 0 Å². The van der Waals surface area contributed by atoms with Crippen LogP contribution in [-0.4, -0.2) is 37.3 Å². The van der Waals surface area contributed by atoms with E-state index in [0.29, 0.717) is 0 Å². The molecule has 0 aromatic rings. The predicted molar refractivity (Wildman–Crippen MR) is 73.2 cm³/mol. The second-order valence-corrected chi connectivity index (χ2v) is 4.90. The summed E-state index contributed by atoms with van der Waals surface area (Å²) in [6.45, 7) is 10.8. The quantitative estimate of drug-likeness (QED) is 0.741. The Kier molecular flexibility index (Phi) is 4.00. The lowest BCUT2D eigenvalue weighted by Crippen LogP contribution is -2.42. The van der Waals surface area contributed by atoms with Crippen LogP contribution in [0.1, 0.15) is 33.6 Å². The zero-order chi connectivity index (χ0) is 12.3. The lowest BCUT2D eigenvalue weighted by molar-refractivity contribution is 0.292. The standard InChI is InChI=1S/C14H23N3/c1-4-16-14-12(11(2)3)5-6-13(14)17-9-7-15-8-10-17/h4,15H,5-10H2,1-3H3. The minimum atomic E-state index is 1.09. The topological polar surface area (TPSA) is 27.6 Å². The summed E-state index contributed by atoms with van der Waals surface area (Å²) in [6, 6.07) is 0. The number of hydrogen-bond donors (Lipinski definition) is 1. The van der Waals surface area contributed by atoms with Gasteiger partial charge in [0.25, 0.3) is 0 Å². The van der Waals surface area contributed by atoms with Crippen LogP contribution in [0.2, 0.25) is 0 Å². The van der Waals surface area contributed by atoms with Crippen LogP contribution in [0.3, 0.4) is 0 Å². The van der Waals surface area contributed by atoms with Gasteiger partial charge in [0.15, 0.2) is 0 Å². The van der Waals surface area contributed by atoms with Gasteiger partial charge < -0.3 is 10.2 Å². The normalized spacial score (nSPS) is 21.8. The van der Waals surface area contributed by atoms with E-state index in [-0.39, 0.29) is 0 Å². The number of aliphatic imine (C=N–C) groups is 1. The SMILES string of the molecule is CC=NC1=C(N2CCNCC2)CCC1=C(C)C. The number of nitrogens with one attached hydrogen (secondary N) is 1. The smallest absolute Gasteiger partial charge is 0.0848 e. The fourth-order valence-electron chi connectivity index (χ4n) is 2.67. The van der Waals surface area contributed by atoms with E-state index in [1.807, 2.05) is 13.1 Å². The van der Waals surface area contributed by atoms with Gasteiger partial charge in [-0.05, 0) is 39.2 Å². The van der Waals surface area contributed by atoms with E-state index in [1.54, 1.807) is 0 Å². The molecule has 2 rings (SSSR count). The van der Waals surface area contributed by atoms with Gasteiger partial charge in [0.1, 0.15) is 0 Å². The summed E-state index contributed by atoms with van der Waals surface area (Å²) >= 11 is 0. The summed E-state index contributed by atoms with van der Waals surface area (Å²) in [5.41, 5.74) is 5.57. The molecule has 0 spiro atoms. The van der Waals surface area contributed by atoms with E-state index in [1.165, 1.54) is 22.5 Å². The molecule has 1 N–H and O–H groups in total. The van der Waals surface area contributed by atoms with Gasteiger partial charge in [-0.25, -0.2) is 0 Å². The van der Waals surface area contributed by atoms with Gasteiger partial charge in [-0.2, -0.15) is 0 Å². The second-order valence-electron chi connectivity index (χ2n) is 4.90. The van der Waals surface area contributed by atoms with Gasteiger partial charge in [0, 0.05) is 38.1 Å². The summed E-state index contributed by atoms with van der Waals surface area (Å²) in [7, 11) is 0. The van der Waals surface area contributed by atoms with Gasteiger partial charge in [-0.1, -0.05) is 5.57 Å². The fourth-order valence-corrected chi connectivity index (χ4v) is 2.67. The average Bonchev–Trinajstić information content (AvgIpc) is 2.75. The van der Waals surface area contributed by atoms with Crippen LogP contribution in [0.25, 0.3) is 0 Å². The molecule has 17 heavy (non-hydrogen) atoms. The van der Waals surface area contributed by atoms with Crippen molar-refractivity contribution >= 4 is 6.21 Å².